The number of unbranched alkanes of at least 4 members (excludes halogenated alkanes) is 3. The summed E-state index contributed by atoms with van der Waals surface area (Å²) in [6, 6.07) is 7.40. The van der Waals surface area contributed by atoms with E-state index in [-0.39, 0.29) is 0 Å². The fraction of sp³-hybridized carbons (Fsp3) is 0.389. The van der Waals surface area contributed by atoms with Gasteiger partial charge in [-0.2, -0.15) is 4.89 Å². The summed E-state index contributed by atoms with van der Waals surface area (Å²) in [7, 11) is -1.83. The third-order valence-electron chi connectivity index (χ3n) is 3.81. The van der Waals surface area contributed by atoms with Crippen LogP contribution >= 0.6 is 0 Å². The Morgan fingerprint density at radius 2 is 1.77 bits per heavy atom. The highest BCUT2D eigenvalue weighted by atomic mass is 28.3. The van der Waals surface area contributed by atoms with Crippen molar-refractivity contribution in [2.45, 2.75) is 39.2 Å². The number of carbonyl (C=O) groups is 1. The Morgan fingerprint density at radius 1 is 1.14 bits per heavy atom. The van der Waals surface area contributed by atoms with Gasteiger partial charge in [-0.3, -0.25) is 4.89 Å². The van der Waals surface area contributed by atoms with Gasteiger partial charge in [0.2, 0.25) is 0 Å². The Morgan fingerprint density at radius 3 is 2.32 bits per heavy atom. The zero-order valence-electron chi connectivity index (χ0n) is 13.6. The molecule has 0 aliphatic carbocycles. The maximum absolute atomic E-state index is 11.9. The molecule has 0 heterocycles. The molecule has 0 N–H and O–H groups in total. The molecule has 0 spiro atoms. The largest absolute Gasteiger partial charge is 0.373 e. The maximum Gasteiger partial charge on any atom is 0.373 e. The van der Waals surface area contributed by atoms with E-state index in [4.69, 9.17) is 9.78 Å². The summed E-state index contributed by atoms with van der Waals surface area (Å²) in [5.74, 6) is -0.456. The molecule has 0 aliphatic heterocycles. The normalized spacial score (nSPS) is 11.0. The van der Waals surface area contributed by atoms with Crippen LogP contribution < -0.4 is 5.19 Å². The molecule has 0 fully saturated rings. The molecule has 0 aliphatic rings. The summed E-state index contributed by atoms with van der Waals surface area (Å²) >= 11 is 0. The Labute approximate surface area is 134 Å². The molecule has 22 heavy (non-hydrogen) atoms. The van der Waals surface area contributed by atoms with Crippen LogP contribution in [0.1, 0.15) is 43.0 Å². The molecule has 0 radical (unpaired) electrons. The second-order valence-corrected chi connectivity index (χ2v) is 9.48. The van der Waals surface area contributed by atoms with Crippen molar-refractivity contribution < 1.29 is 14.6 Å². The molecule has 3 nitrogen and oxygen atoms in total. The van der Waals surface area contributed by atoms with E-state index in [1.807, 2.05) is 23.5 Å². The predicted molar refractivity (Wildman–Crippen MR) is 93.6 cm³/mol. The first kappa shape index (κ1) is 18.4. The number of hydrogen-bond donors (Lipinski definition) is 0. The third kappa shape index (κ3) is 5.28. The molecule has 0 atom stereocenters. The van der Waals surface area contributed by atoms with Gasteiger partial charge < -0.3 is 0 Å². The molecule has 0 bridgehead atoms. The quantitative estimate of drug-likeness (QED) is 0.282. The summed E-state index contributed by atoms with van der Waals surface area (Å²) in [6.45, 7) is 12.5. The monoisotopic (exact) mass is 318 g/mol. The Balaban J connectivity index is 2.51. The van der Waals surface area contributed by atoms with Crippen molar-refractivity contribution >= 4 is 19.2 Å². The molecule has 0 aromatic heterocycles. The highest BCUT2D eigenvalue weighted by Crippen LogP contribution is 2.09. The molecular weight excluding hydrogens is 292 g/mol. The molecule has 120 valence electrons. The zero-order valence-corrected chi connectivity index (χ0v) is 14.6. The van der Waals surface area contributed by atoms with Gasteiger partial charge in [0.1, 0.15) is 8.07 Å². The van der Waals surface area contributed by atoms with E-state index in [1.165, 1.54) is 12.8 Å². The van der Waals surface area contributed by atoms with E-state index < -0.39 is 14.0 Å². The fourth-order valence-corrected chi connectivity index (χ4v) is 3.54. The molecule has 0 unspecified atom stereocenters. The molecule has 1 rings (SSSR count). The van der Waals surface area contributed by atoms with E-state index in [0.29, 0.717) is 12.2 Å². The van der Waals surface area contributed by atoms with Crippen LogP contribution in [0.2, 0.25) is 6.55 Å². The predicted octanol–water partition coefficient (Wildman–Crippen LogP) is 4.09. The van der Waals surface area contributed by atoms with E-state index in [1.54, 1.807) is 12.1 Å². The van der Waals surface area contributed by atoms with Crippen LogP contribution in [-0.2, 0) is 9.78 Å². The van der Waals surface area contributed by atoms with E-state index >= 15 is 0 Å². The van der Waals surface area contributed by atoms with Crippen molar-refractivity contribution in [1.29, 1.82) is 0 Å². The average molecular weight is 318 g/mol. The van der Waals surface area contributed by atoms with Gasteiger partial charge >= 0.3 is 5.97 Å². The number of rotatable bonds is 10. The van der Waals surface area contributed by atoms with Gasteiger partial charge in [-0.05, 0) is 18.6 Å². The number of hydrogen-bond acceptors (Lipinski definition) is 3. The van der Waals surface area contributed by atoms with Crippen LogP contribution in [0.4, 0.5) is 0 Å². The molecule has 0 saturated carbocycles. The number of benzene rings is 1. The minimum Gasteiger partial charge on any atom is -0.293 e. The van der Waals surface area contributed by atoms with Crippen molar-refractivity contribution in [3.8, 4) is 0 Å². The Hall–Kier alpha value is -1.65. The minimum absolute atomic E-state index is 0.446. The molecule has 4 heteroatoms. The SMILES string of the molecule is C=C[Si](C)(C=C)c1ccc(C(=O)OOCCCCCC)cc1. The highest BCUT2D eigenvalue weighted by molar-refractivity contribution is 6.98. The van der Waals surface area contributed by atoms with Gasteiger partial charge in [-0.25, -0.2) is 4.79 Å². The maximum atomic E-state index is 11.9. The highest BCUT2D eigenvalue weighted by Gasteiger charge is 2.22. The second kappa shape index (κ2) is 9.38. The van der Waals surface area contributed by atoms with Crippen LogP contribution in [-0.4, -0.2) is 20.7 Å². The van der Waals surface area contributed by atoms with Crippen molar-refractivity contribution in [1.82, 2.24) is 0 Å². The summed E-state index contributed by atoms with van der Waals surface area (Å²) in [6.07, 6.45) is 4.34. The second-order valence-electron chi connectivity index (χ2n) is 5.52. The smallest absolute Gasteiger partial charge is 0.293 e. The van der Waals surface area contributed by atoms with Gasteiger partial charge in [-0.15, -0.1) is 13.2 Å². The lowest BCUT2D eigenvalue weighted by Gasteiger charge is -2.19. The Kier molecular flexibility index (Phi) is 7.84. The first-order valence-electron chi connectivity index (χ1n) is 7.79. The zero-order chi connectivity index (χ0) is 16.4. The van der Waals surface area contributed by atoms with Crippen LogP contribution in [0.5, 0.6) is 0 Å². The first-order valence-corrected chi connectivity index (χ1v) is 10.4. The number of carbonyl (C=O) groups excluding carboxylic acids is 1. The average Bonchev–Trinajstić information content (AvgIpc) is 2.57. The molecule has 0 saturated heterocycles. The van der Waals surface area contributed by atoms with Gasteiger partial charge in [0.15, 0.2) is 0 Å². The summed E-state index contributed by atoms with van der Waals surface area (Å²) in [5, 5.41) is 1.16. The van der Waals surface area contributed by atoms with E-state index in [2.05, 4.69) is 26.6 Å². The fourth-order valence-electron chi connectivity index (χ4n) is 2.02. The van der Waals surface area contributed by atoms with Crippen molar-refractivity contribution in [2.75, 3.05) is 6.61 Å². The molecule has 1 aromatic rings. The minimum atomic E-state index is -1.83. The van der Waals surface area contributed by atoms with Gasteiger partial charge in [-0.1, -0.05) is 61.5 Å². The lowest BCUT2D eigenvalue weighted by Crippen LogP contribution is -2.40. The van der Waals surface area contributed by atoms with E-state index in [0.717, 1.165) is 18.0 Å². The van der Waals surface area contributed by atoms with E-state index in [9.17, 15) is 4.79 Å². The first-order chi connectivity index (χ1) is 10.6. The van der Waals surface area contributed by atoms with Gasteiger partial charge in [0, 0.05) is 0 Å². The van der Waals surface area contributed by atoms with Crippen LogP contribution in [0.25, 0.3) is 0 Å². The van der Waals surface area contributed by atoms with Crippen LogP contribution in [0.3, 0.4) is 0 Å². The van der Waals surface area contributed by atoms with Gasteiger partial charge in [0.25, 0.3) is 0 Å². The third-order valence-corrected chi connectivity index (χ3v) is 7.08. The standard InChI is InChI=1S/C18H26O3Si/c1-5-8-9-10-15-20-21-18(19)16-11-13-17(14-12-16)22(4,6-2)7-3/h6-7,11-14H,2-3,5,8-10,15H2,1,4H3. The molecule has 0 amide bonds. The van der Waals surface area contributed by atoms with Crippen LogP contribution in [0, 0.1) is 0 Å². The lowest BCUT2D eigenvalue weighted by atomic mass is 10.2. The van der Waals surface area contributed by atoms with Crippen molar-refractivity contribution in [3.63, 3.8) is 0 Å². The summed E-state index contributed by atoms with van der Waals surface area (Å²) < 4.78 is 0. The summed E-state index contributed by atoms with van der Waals surface area (Å²) in [4.78, 5) is 21.6. The van der Waals surface area contributed by atoms with Crippen LogP contribution in [0.15, 0.2) is 48.8 Å². The van der Waals surface area contributed by atoms with Gasteiger partial charge in [0.05, 0.1) is 12.2 Å². The lowest BCUT2D eigenvalue weighted by molar-refractivity contribution is -0.241. The molecular formula is C18H26O3Si. The van der Waals surface area contributed by atoms with Crippen molar-refractivity contribution in [3.05, 3.63) is 54.4 Å². The Bertz CT molecular complexity index is 486. The van der Waals surface area contributed by atoms with Crippen molar-refractivity contribution in [2.24, 2.45) is 0 Å². The molecule has 1 aromatic carbocycles. The topological polar surface area (TPSA) is 35.5 Å². The summed E-state index contributed by atoms with van der Waals surface area (Å²) in [5.41, 5.74) is 4.42.